The van der Waals surface area contributed by atoms with Gasteiger partial charge in [0.15, 0.2) is 5.72 Å². The first-order chi connectivity index (χ1) is 16.5. The Kier molecular flexibility index (Phi) is 6.33. The highest BCUT2D eigenvalue weighted by atomic mass is 79.9. The van der Waals surface area contributed by atoms with Crippen LogP contribution in [0, 0.1) is 11.8 Å². The van der Waals surface area contributed by atoms with E-state index in [1.165, 1.54) is 7.11 Å². The van der Waals surface area contributed by atoms with E-state index in [-0.39, 0.29) is 17.9 Å². The van der Waals surface area contributed by atoms with Crippen LogP contribution in [0.15, 0.2) is 28.4 Å². The van der Waals surface area contributed by atoms with Gasteiger partial charge in [0.05, 0.1) is 63.7 Å². The van der Waals surface area contributed by atoms with Crippen LogP contribution >= 0.6 is 15.9 Å². The summed E-state index contributed by atoms with van der Waals surface area (Å²) in [6, 6.07) is 3.95. The van der Waals surface area contributed by atoms with Gasteiger partial charge in [0.25, 0.3) is 0 Å². The Morgan fingerprint density at radius 2 is 2.09 bits per heavy atom. The van der Waals surface area contributed by atoms with E-state index < -0.39 is 11.3 Å². The lowest BCUT2D eigenvalue weighted by Gasteiger charge is -2.61. The third-order valence-electron chi connectivity index (χ3n) is 8.18. The summed E-state index contributed by atoms with van der Waals surface area (Å²) in [4.78, 5) is 15.3. The van der Waals surface area contributed by atoms with E-state index in [1.54, 1.807) is 20.5 Å². The number of esters is 1. The van der Waals surface area contributed by atoms with Gasteiger partial charge in [0.2, 0.25) is 0 Å². The maximum absolute atomic E-state index is 12.8. The Balaban J connectivity index is 1.62. The number of anilines is 1. The van der Waals surface area contributed by atoms with Gasteiger partial charge in [-0.05, 0) is 52.7 Å². The predicted octanol–water partition coefficient (Wildman–Crippen LogP) is 3.65. The highest BCUT2D eigenvalue weighted by molar-refractivity contribution is 9.10. The van der Waals surface area contributed by atoms with Gasteiger partial charge in [-0.1, -0.05) is 13.3 Å². The number of halogens is 1. The topological polar surface area (TPSA) is 78.5 Å². The highest BCUT2D eigenvalue weighted by Gasteiger charge is 2.70. The van der Waals surface area contributed by atoms with Gasteiger partial charge >= 0.3 is 5.97 Å². The molecule has 0 amide bonds. The quantitative estimate of drug-likeness (QED) is 0.347. The SMILES string of the molecule is CC[C@@H]1CN2CC[C@@]34OCCO[C@@]3(Nc3c(Br)ccc(OC)c34)[C@@H]2C[C@@H]1/C(=C\OC)C(=O)OC. The standard InChI is InChI=1S/C25H33BrN2O6/c1-5-15-13-28-9-8-24-21-19(31-3)7-6-18(26)22(21)27-25(24,34-11-10-33-24)20(28)12-16(15)17(14-30-2)23(29)32-4/h6-7,14-16,20,27H,5,8-13H2,1-4H3/b17-14+/t15-,16+,20+,24+,25+/m1/s1. The fraction of sp³-hybridized carbons (Fsp3) is 0.640. The summed E-state index contributed by atoms with van der Waals surface area (Å²) in [5, 5.41) is 3.77. The largest absolute Gasteiger partial charge is 0.504 e. The monoisotopic (exact) mass is 536 g/mol. The lowest BCUT2D eigenvalue weighted by molar-refractivity contribution is -0.297. The van der Waals surface area contributed by atoms with Crippen molar-refractivity contribution in [1.82, 2.24) is 4.90 Å². The van der Waals surface area contributed by atoms with Crippen LogP contribution in [-0.4, -0.2) is 70.3 Å². The van der Waals surface area contributed by atoms with Gasteiger partial charge in [0, 0.05) is 17.6 Å². The zero-order valence-electron chi connectivity index (χ0n) is 20.2. The number of hydrogen-bond acceptors (Lipinski definition) is 8. The fourth-order valence-corrected chi connectivity index (χ4v) is 7.17. The van der Waals surface area contributed by atoms with Crippen LogP contribution < -0.4 is 10.1 Å². The number of methoxy groups -OCH3 is 3. The summed E-state index contributed by atoms with van der Waals surface area (Å²) < 4.78 is 30.6. The Bertz CT molecular complexity index is 1000. The molecule has 3 saturated heterocycles. The molecule has 0 aliphatic carbocycles. The van der Waals surface area contributed by atoms with Gasteiger partial charge in [-0.3, -0.25) is 4.90 Å². The molecule has 9 heteroatoms. The summed E-state index contributed by atoms with van der Waals surface area (Å²) in [6.45, 7) is 4.92. The van der Waals surface area contributed by atoms with Gasteiger partial charge in [0.1, 0.15) is 11.4 Å². The van der Waals surface area contributed by atoms with E-state index in [0.717, 1.165) is 53.8 Å². The lowest BCUT2D eigenvalue weighted by atomic mass is 9.67. The third kappa shape index (κ3) is 3.23. The van der Waals surface area contributed by atoms with Gasteiger partial charge in [-0.2, -0.15) is 0 Å². The van der Waals surface area contributed by atoms with Crippen LogP contribution in [0.3, 0.4) is 0 Å². The Labute approximate surface area is 209 Å². The van der Waals surface area contributed by atoms with Crippen LogP contribution in [0.2, 0.25) is 0 Å². The number of carbonyl (C=O) groups is 1. The van der Waals surface area contributed by atoms with Crippen molar-refractivity contribution < 1.29 is 28.5 Å². The molecule has 0 saturated carbocycles. The number of nitrogens with zero attached hydrogens (tertiary/aromatic N) is 1. The van der Waals surface area contributed by atoms with Crippen LogP contribution in [0.4, 0.5) is 5.69 Å². The van der Waals surface area contributed by atoms with Crippen molar-refractivity contribution in [3.8, 4) is 5.75 Å². The van der Waals surface area contributed by atoms with Crippen molar-refractivity contribution in [2.75, 3.05) is 52.9 Å². The van der Waals surface area contributed by atoms with E-state index in [0.29, 0.717) is 24.7 Å². The Morgan fingerprint density at radius 3 is 2.79 bits per heavy atom. The molecule has 3 fully saturated rings. The molecular weight excluding hydrogens is 504 g/mol. The van der Waals surface area contributed by atoms with E-state index in [4.69, 9.17) is 23.7 Å². The molecule has 8 nitrogen and oxygen atoms in total. The molecule has 34 heavy (non-hydrogen) atoms. The van der Waals surface area contributed by atoms with Crippen LogP contribution in [0.1, 0.15) is 31.7 Å². The molecule has 0 radical (unpaired) electrons. The third-order valence-corrected chi connectivity index (χ3v) is 8.84. The average Bonchev–Trinajstić information content (AvgIpc) is 3.20. The van der Waals surface area contributed by atoms with Crippen molar-refractivity contribution >= 4 is 27.6 Å². The Hall–Kier alpha value is -1.81. The van der Waals surface area contributed by atoms with Crippen molar-refractivity contribution in [3.05, 3.63) is 34.0 Å². The number of hydrogen-bond donors (Lipinski definition) is 1. The summed E-state index contributed by atoms with van der Waals surface area (Å²) in [5.41, 5.74) is 1.07. The van der Waals surface area contributed by atoms with Gasteiger partial charge in [-0.25, -0.2) is 4.79 Å². The molecule has 4 heterocycles. The number of piperidine rings is 2. The minimum absolute atomic E-state index is 0.0230. The smallest absolute Gasteiger partial charge is 0.337 e. The fourth-order valence-electron chi connectivity index (χ4n) is 6.74. The second-order valence-corrected chi connectivity index (χ2v) is 10.3. The summed E-state index contributed by atoms with van der Waals surface area (Å²) in [5.74, 6) is 0.728. The first kappa shape index (κ1) is 23.9. The minimum atomic E-state index is -0.797. The molecule has 0 spiro atoms. The Morgan fingerprint density at radius 1 is 1.29 bits per heavy atom. The van der Waals surface area contributed by atoms with Crippen molar-refractivity contribution in [3.63, 3.8) is 0 Å². The molecule has 0 bridgehead atoms. The van der Waals surface area contributed by atoms with Crippen molar-refractivity contribution in [2.45, 2.75) is 43.6 Å². The zero-order chi connectivity index (χ0) is 24.1. The van der Waals surface area contributed by atoms with Gasteiger partial charge in [-0.15, -0.1) is 0 Å². The second-order valence-electron chi connectivity index (χ2n) is 9.46. The molecule has 4 aliphatic heterocycles. The summed E-state index contributed by atoms with van der Waals surface area (Å²) in [7, 11) is 4.68. The summed E-state index contributed by atoms with van der Waals surface area (Å²) >= 11 is 3.73. The number of rotatable bonds is 5. The molecule has 5 atom stereocenters. The predicted molar refractivity (Wildman–Crippen MR) is 130 cm³/mol. The van der Waals surface area contributed by atoms with Crippen LogP contribution in [0.5, 0.6) is 5.75 Å². The molecule has 5 rings (SSSR count). The first-order valence-corrected chi connectivity index (χ1v) is 12.7. The van der Waals surface area contributed by atoms with E-state index in [9.17, 15) is 4.79 Å². The molecule has 0 aromatic heterocycles. The molecule has 4 aliphatic rings. The van der Waals surface area contributed by atoms with Crippen LogP contribution in [-0.2, 0) is 29.3 Å². The number of nitrogens with one attached hydrogen (secondary N) is 1. The highest BCUT2D eigenvalue weighted by Crippen LogP contribution is 2.62. The second kappa shape index (κ2) is 9.00. The minimum Gasteiger partial charge on any atom is -0.504 e. The number of fused-ring (bicyclic) bond motifs is 2. The van der Waals surface area contributed by atoms with Crippen molar-refractivity contribution in [2.24, 2.45) is 11.8 Å². The van der Waals surface area contributed by atoms with Gasteiger partial charge < -0.3 is 29.0 Å². The molecule has 1 aromatic carbocycles. The molecule has 186 valence electrons. The molecule has 0 unspecified atom stereocenters. The first-order valence-electron chi connectivity index (χ1n) is 11.9. The summed E-state index contributed by atoms with van der Waals surface area (Å²) in [6.07, 6.45) is 4.01. The zero-order valence-corrected chi connectivity index (χ0v) is 21.8. The number of ether oxygens (including phenoxy) is 5. The molecule has 1 N–H and O–H groups in total. The maximum Gasteiger partial charge on any atom is 0.337 e. The van der Waals surface area contributed by atoms with E-state index in [1.807, 2.05) is 12.1 Å². The molecular formula is C25H33BrN2O6. The lowest BCUT2D eigenvalue weighted by Crippen LogP contribution is -2.75. The average molecular weight is 537 g/mol. The molecule has 1 aromatic rings. The van der Waals surface area contributed by atoms with E-state index >= 15 is 0 Å². The normalized spacial score (nSPS) is 34.7. The van der Waals surface area contributed by atoms with Crippen molar-refractivity contribution in [1.29, 1.82) is 0 Å². The number of carbonyl (C=O) groups excluding carboxylic acids is 1. The number of benzene rings is 1. The maximum atomic E-state index is 12.8. The van der Waals surface area contributed by atoms with Crippen LogP contribution in [0.25, 0.3) is 0 Å². The van der Waals surface area contributed by atoms with E-state index in [2.05, 4.69) is 33.1 Å².